The van der Waals surface area contributed by atoms with Crippen molar-refractivity contribution in [3.8, 4) is 5.75 Å². The molecule has 80 valence electrons. The van der Waals surface area contributed by atoms with E-state index in [4.69, 9.17) is 4.74 Å². The van der Waals surface area contributed by atoms with Crippen LogP contribution in [0, 0.1) is 5.92 Å². The van der Waals surface area contributed by atoms with Crippen molar-refractivity contribution >= 4 is 0 Å². The molecule has 0 bridgehead atoms. The topological polar surface area (TPSA) is 21.3 Å². The third-order valence-corrected chi connectivity index (χ3v) is 3.46. The summed E-state index contributed by atoms with van der Waals surface area (Å²) >= 11 is 0. The number of benzene rings is 1. The number of aryl methyl sites for hydroxylation is 1. The van der Waals surface area contributed by atoms with Crippen LogP contribution in [0.5, 0.6) is 5.75 Å². The van der Waals surface area contributed by atoms with Gasteiger partial charge in [0.1, 0.15) is 5.75 Å². The summed E-state index contributed by atoms with van der Waals surface area (Å²) in [6.07, 6.45) is 3.64. The van der Waals surface area contributed by atoms with Crippen LogP contribution < -0.4 is 10.1 Å². The lowest BCUT2D eigenvalue weighted by Gasteiger charge is -2.26. The van der Waals surface area contributed by atoms with Gasteiger partial charge in [-0.2, -0.15) is 0 Å². The van der Waals surface area contributed by atoms with E-state index in [0.717, 1.165) is 24.7 Å². The van der Waals surface area contributed by atoms with E-state index in [0.29, 0.717) is 0 Å². The van der Waals surface area contributed by atoms with Crippen molar-refractivity contribution in [2.24, 2.45) is 5.92 Å². The van der Waals surface area contributed by atoms with E-state index in [9.17, 15) is 0 Å². The first-order chi connectivity index (χ1) is 7.42. The molecule has 1 aromatic carbocycles. The van der Waals surface area contributed by atoms with Gasteiger partial charge in [0.2, 0.25) is 0 Å². The predicted molar refractivity (Wildman–Crippen MR) is 60.3 cm³/mol. The minimum Gasteiger partial charge on any atom is -0.493 e. The summed E-state index contributed by atoms with van der Waals surface area (Å²) in [6, 6.07) is 6.68. The molecule has 2 nitrogen and oxygen atoms in total. The summed E-state index contributed by atoms with van der Waals surface area (Å²) in [4.78, 5) is 0. The highest BCUT2D eigenvalue weighted by atomic mass is 16.5. The van der Waals surface area contributed by atoms with Crippen LogP contribution in [0.2, 0.25) is 0 Å². The third-order valence-electron chi connectivity index (χ3n) is 3.46. The van der Waals surface area contributed by atoms with E-state index in [1.54, 1.807) is 0 Å². The van der Waals surface area contributed by atoms with Gasteiger partial charge in [-0.25, -0.2) is 0 Å². The summed E-state index contributed by atoms with van der Waals surface area (Å²) in [5.41, 5.74) is 2.88. The minimum atomic E-state index is 0.866. The molecule has 1 aromatic rings. The van der Waals surface area contributed by atoms with Crippen molar-refractivity contribution in [3.05, 3.63) is 29.3 Å². The second-order valence-corrected chi connectivity index (χ2v) is 4.60. The lowest BCUT2D eigenvalue weighted by atomic mass is 9.94. The summed E-state index contributed by atoms with van der Waals surface area (Å²) in [7, 11) is 0. The molecule has 1 fully saturated rings. The zero-order valence-electron chi connectivity index (χ0n) is 8.96. The highest BCUT2D eigenvalue weighted by Gasteiger charge is 2.17. The van der Waals surface area contributed by atoms with Crippen molar-refractivity contribution < 1.29 is 4.74 Å². The Morgan fingerprint density at radius 2 is 2.27 bits per heavy atom. The minimum absolute atomic E-state index is 0.866. The molecule has 0 amide bonds. The Hall–Kier alpha value is -1.02. The maximum atomic E-state index is 5.50. The zero-order chi connectivity index (χ0) is 10.1. The van der Waals surface area contributed by atoms with E-state index in [2.05, 4.69) is 23.5 Å². The SMILES string of the molecule is c1cc2c(cc1CCC1CNC1)CCO2. The largest absolute Gasteiger partial charge is 0.493 e. The zero-order valence-corrected chi connectivity index (χ0v) is 8.96. The number of nitrogens with one attached hydrogen (secondary N) is 1. The van der Waals surface area contributed by atoms with Crippen LogP contribution in [-0.4, -0.2) is 19.7 Å². The number of hydrogen-bond donors (Lipinski definition) is 1. The number of hydrogen-bond acceptors (Lipinski definition) is 2. The van der Waals surface area contributed by atoms with Crippen molar-refractivity contribution in [1.82, 2.24) is 5.32 Å². The molecule has 0 atom stereocenters. The van der Waals surface area contributed by atoms with Crippen molar-refractivity contribution in [1.29, 1.82) is 0 Å². The highest BCUT2D eigenvalue weighted by molar-refractivity contribution is 5.39. The molecule has 0 unspecified atom stereocenters. The molecule has 0 radical (unpaired) electrons. The fourth-order valence-corrected chi connectivity index (χ4v) is 2.32. The maximum absolute atomic E-state index is 5.50. The van der Waals surface area contributed by atoms with Gasteiger partial charge in [-0.15, -0.1) is 0 Å². The van der Waals surface area contributed by atoms with Gasteiger partial charge >= 0.3 is 0 Å². The number of ether oxygens (including phenoxy) is 1. The molecule has 15 heavy (non-hydrogen) atoms. The van der Waals surface area contributed by atoms with Crippen LogP contribution in [0.25, 0.3) is 0 Å². The van der Waals surface area contributed by atoms with Gasteiger partial charge in [0.05, 0.1) is 6.61 Å². The predicted octanol–water partition coefficient (Wildman–Crippen LogP) is 1.77. The average molecular weight is 203 g/mol. The van der Waals surface area contributed by atoms with Gasteiger partial charge in [0.25, 0.3) is 0 Å². The standard InChI is InChI=1S/C13H17NO/c1(2-11-8-14-9-11)10-3-4-13-12(7-10)5-6-15-13/h3-4,7,11,14H,1-2,5-6,8-9H2. The highest BCUT2D eigenvalue weighted by Crippen LogP contribution is 2.26. The van der Waals surface area contributed by atoms with E-state index < -0.39 is 0 Å². The van der Waals surface area contributed by atoms with E-state index in [1.807, 2.05) is 0 Å². The summed E-state index contributed by atoms with van der Waals surface area (Å²) < 4.78 is 5.50. The van der Waals surface area contributed by atoms with E-state index in [1.165, 1.54) is 37.1 Å². The normalized spacial score (nSPS) is 19.5. The lowest BCUT2D eigenvalue weighted by Crippen LogP contribution is -2.42. The van der Waals surface area contributed by atoms with Crippen molar-refractivity contribution in [2.45, 2.75) is 19.3 Å². The lowest BCUT2D eigenvalue weighted by molar-refractivity contribution is 0.328. The Labute approximate surface area is 90.6 Å². The van der Waals surface area contributed by atoms with Crippen molar-refractivity contribution in [2.75, 3.05) is 19.7 Å². The molecular weight excluding hydrogens is 186 g/mol. The quantitative estimate of drug-likeness (QED) is 0.808. The Bertz CT molecular complexity index is 358. The van der Waals surface area contributed by atoms with Crippen LogP contribution >= 0.6 is 0 Å². The molecule has 1 saturated heterocycles. The molecule has 3 rings (SSSR count). The Balaban J connectivity index is 1.64. The Kier molecular flexibility index (Phi) is 2.37. The van der Waals surface area contributed by atoms with Gasteiger partial charge in [0.15, 0.2) is 0 Å². The maximum Gasteiger partial charge on any atom is 0.122 e. The summed E-state index contributed by atoms with van der Waals surface area (Å²) in [5.74, 6) is 2.01. The van der Waals surface area contributed by atoms with Gasteiger partial charge in [0, 0.05) is 6.42 Å². The van der Waals surface area contributed by atoms with Crippen LogP contribution in [0.15, 0.2) is 18.2 Å². The van der Waals surface area contributed by atoms with Gasteiger partial charge < -0.3 is 10.1 Å². The molecule has 1 N–H and O–H groups in total. The van der Waals surface area contributed by atoms with Crippen LogP contribution in [0.4, 0.5) is 0 Å². The molecule has 2 aliphatic heterocycles. The monoisotopic (exact) mass is 203 g/mol. The molecule has 2 heteroatoms. The third kappa shape index (κ3) is 1.86. The van der Waals surface area contributed by atoms with Crippen LogP contribution in [-0.2, 0) is 12.8 Å². The first-order valence-electron chi connectivity index (χ1n) is 5.87. The fourth-order valence-electron chi connectivity index (χ4n) is 2.32. The van der Waals surface area contributed by atoms with Gasteiger partial charge in [-0.1, -0.05) is 12.1 Å². The van der Waals surface area contributed by atoms with E-state index in [-0.39, 0.29) is 0 Å². The first kappa shape index (κ1) is 9.22. The average Bonchev–Trinajstić information content (AvgIpc) is 2.62. The molecule has 0 saturated carbocycles. The van der Waals surface area contributed by atoms with Crippen LogP contribution in [0.3, 0.4) is 0 Å². The second kappa shape index (κ2) is 3.86. The Morgan fingerprint density at radius 1 is 1.33 bits per heavy atom. The smallest absolute Gasteiger partial charge is 0.122 e. The van der Waals surface area contributed by atoms with Gasteiger partial charge in [-0.05, 0) is 49.0 Å². The second-order valence-electron chi connectivity index (χ2n) is 4.60. The molecule has 0 aromatic heterocycles. The van der Waals surface area contributed by atoms with Crippen LogP contribution in [0.1, 0.15) is 17.5 Å². The molecule has 2 aliphatic rings. The summed E-state index contributed by atoms with van der Waals surface area (Å²) in [5, 5.41) is 3.32. The number of fused-ring (bicyclic) bond motifs is 1. The van der Waals surface area contributed by atoms with Gasteiger partial charge in [-0.3, -0.25) is 0 Å². The molecule has 2 heterocycles. The molecule has 0 aliphatic carbocycles. The van der Waals surface area contributed by atoms with E-state index >= 15 is 0 Å². The molecular formula is C13H17NO. The first-order valence-corrected chi connectivity index (χ1v) is 5.87. The molecule has 0 spiro atoms. The Morgan fingerprint density at radius 3 is 3.07 bits per heavy atom. The summed E-state index contributed by atoms with van der Waals surface area (Å²) in [6.45, 7) is 3.30. The fraction of sp³-hybridized carbons (Fsp3) is 0.538. The number of rotatable bonds is 3. The van der Waals surface area contributed by atoms with Crippen molar-refractivity contribution in [3.63, 3.8) is 0 Å².